The first-order valence-corrected chi connectivity index (χ1v) is 24.0. The molecule has 0 aromatic heterocycles. The first-order chi connectivity index (χ1) is 30.5. The molecule has 2 bridgehead atoms. The lowest BCUT2D eigenvalue weighted by Crippen LogP contribution is -2.68. The van der Waals surface area contributed by atoms with E-state index < -0.39 is 129 Å². The van der Waals surface area contributed by atoms with E-state index in [-0.39, 0.29) is 39.9 Å². The number of hydrogen-bond donors (Lipinski definition) is 10. The van der Waals surface area contributed by atoms with Crippen molar-refractivity contribution >= 4 is 0 Å². The van der Waals surface area contributed by atoms with Gasteiger partial charge in [0.2, 0.25) is 0 Å². The highest BCUT2D eigenvalue weighted by Gasteiger charge is 2.81. The van der Waals surface area contributed by atoms with E-state index in [2.05, 4.69) is 47.6 Å². The van der Waals surface area contributed by atoms with Crippen molar-refractivity contribution in [3.8, 4) is 0 Å². The highest BCUT2D eigenvalue weighted by atomic mass is 16.8. The largest absolute Gasteiger partial charge is 0.394 e. The van der Waals surface area contributed by atoms with E-state index in [1.165, 1.54) is 0 Å². The lowest BCUT2D eigenvalue weighted by Gasteiger charge is -2.70. The molecule has 9 aliphatic rings. The molecule has 18 nitrogen and oxygen atoms in total. The smallest absolute Gasteiger partial charge is 0.187 e. The fraction of sp³-hybridized carbons (Fsp3) is 0.957. The van der Waals surface area contributed by atoms with Gasteiger partial charge >= 0.3 is 0 Å². The Hall–Kier alpha value is -0.980. The summed E-state index contributed by atoms with van der Waals surface area (Å²) in [4.78, 5) is 0. The van der Waals surface area contributed by atoms with Crippen LogP contribution >= 0.6 is 0 Å². The van der Waals surface area contributed by atoms with Crippen molar-refractivity contribution in [2.45, 2.75) is 197 Å². The van der Waals surface area contributed by atoms with Crippen molar-refractivity contribution in [1.29, 1.82) is 0 Å². The summed E-state index contributed by atoms with van der Waals surface area (Å²) in [5.74, 6) is -0.317. The molecule has 4 aliphatic carbocycles. The molecule has 5 aliphatic heterocycles. The van der Waals surface area contributed by atoms with Gasteiger partial charge in [-0.2, -0.15) is 0 Å². The van der Waals surface area contributed by atoms with E-state index in [4.69, 9.17) is 37.9 Å². The summed E-state index contributed by atoms with van der Waals surface area (Å²) >= 11 is 0. The van der Waals surface area contributed by atoms with Gasteiger partial charge in [-0.25, -0.2) is 0 Å². The molecule has 0 aromatic rings. The zero-order valence-corrected chi connectivity index (χ0v) is 38.8. The maximum atomic E-state index is 12.4. The minimum absolute atomic E-state index is 0.0960. The summed E-state index contributed by atoms with van der Waals surface area (Å²) in [5.41, 5.74) is -0.701. The van der Waals surface area contributed by atoms with Gasteiger partial charge in [-0.05, 0) is 93.3 Å². The molecule has 4 saturated carbocycles. The molecule has 2 spiro atoms. The van der Waals surface area contributed by atoms with Crippen molar-refractivity contribution in [1.82, 2.24) is 0 Å². The van der Waals surface area contributed by atoms with Crippen LogP contribution in [0.4, 0.5) is 0 Å². The fourth-order valence-electron chi connectivity index (χ4n) is 15.8. The van der Waals surface area contributed by atoms with Crippen molar-refractivity contribution < 1.29 is 89.0 Å². The van der Waals surface area contributed by atoms with Crippen molar-refractivity contribution in [2.24, 2.45) is 51.2 Å². The predicted octanol–water partition coefficient (Wildman–Crippen LogP) is -0.176. The first kappa shape index (κ1) is 49.0. The summed E-state index contributed by atoms with van der Waals surface area (Å²) in [5, 5.41) is 108. The zero-order chi connectivity index (χ0) is 47.0. The third kappa shape index (κ3) is 7.24. The molecule has 9 fully saturated rings. The molecule has 5 saturated heterocycles. The van der Waals surface area contributed by atoms with Gasteiger partial charge in [0.25, 0.3) is 0 Å². The van der Waals surface area contributed by atoms with Crippen LogP contribution in [0.3, 0.4) is 0 Å². The number of hydrogen-bond acceptors (Lipinski definition) is 18. The second kappa shape index (κ2) is 17.1. The molecular weight excluding hydrogens is 852 g/mol. The van der Waals surface area contributed by atoms with Gasteiger partial charge in [-0.3, -0.25) is 0 Å². The van der Waals surface area contributed by atoms with E-state index in [1.54, 1.807) is 0 Å². The average Bonchev–Trinajstić information content (AvgIpc) is 3.88. The van der Waals surface area contributed by atoms with Gasteiger partial charge in [-0.1, -0.05) is 39.3 Å². The second-order valence-electron chi connectivity index (χ2n) is 22.9. The molecule has 25 unspecified atom stereocenters. The monoisotopic (exact) mass is 929 g/mol. The van der Waals surface area contributed by atoms with Crippen LogP contribution in [0, 0.1) is 51.2 Å². The molecule has 25 atom stereocenters. The molecule has 18 heteroatoms. The molecule has 0 amide bonds. The van der Waals surface area contributed by atoms with Crippen LogP contribution in [-0.4, -0.2) is 188 Å². The van der Waals surface area contributed by atoms with Crippen molar-refractivity contribution in [3.05, 3.63) is 11.6 Å². The maximum Gasteiger partial charge on any atom is 0.187 e. The number of ether oxygens (including phenoxy) is 8. The van der Waals surface area contributed by atoms with Crippen LogP contribution in [0.1, 0.15) is 93.4 Å². The third-order valence-electron chi connectivity index (χ3n) is 19.1. The topological polar surface area (TPSA) is 276 Å². The number of aliphatic hydroxyl groups is 10. The normalized spacial score (nSPS) is 56.9. The lowest BCUT2D eigenvalue weighted by atomic mass is 9.35. The lowest BCUT2D eigenvalue weighted by molar-refractivity contribution is -0.387. The second-order valence-corrected chi connectivity index (χ2v) is 22.9. The molecule has 372 valence electrons. The van der Waals surface area contributed by atoms with E-state index in [0.717, 1.165) is 44.1 Å². The van der Waals surface area contributed by atoms with Crippen LogP contribution in [-0.2, 0) is 37.9 Å². The summed E-state index contributed by atoms with van der Waals surface area (Å²) in [7, 11) is 0. The minimum Gasteiger partial charge on any atom is -0.394 e. The SMILES string of the molecule is CC(C)=CC1COC23CC4(CO2)C(CCC2C5(C)CCC(OC6OC(CO)C(O)C(OC7OC(CO)C(O)C(O)C7O)C6OC6OC(CO)C(O)C6O)C(C)(C)C5CCC24C)C3C1(C)O. The fourth-order valence-corrected chi connectivity index (χ4v) is 15.8. The predicted molar refractivity (Wildman–Crippen MR) is 225 cm³/mol. The van der Waals surface area contributed by atoms with E-state index in [0.29, 0.717) is 25.6 Å². The molecule has 9 rings (SSSR count). The Morgan fingerprint density at radius 3 is 1.85 bits per heavy atom. The van der Waals surface area contributed by atoms with Gasteiger partial charge in [0.1, 0.15) is 67.1 Å². The number of allylic oxidation sites excluding steroid dienone is 1. The highest BCUT2D eigenvalue weighted by molar-refractivity contribution is 5.27. The van der Waals surface area contributed by atoms with E-state index in [9.17, 15) is 51.1 Å². The average molecular weight is 929 g/mol. The van der Waals surface area contributed by atoms with Crippen LogP contribution in [0.5, 0.6) is 0 Å². The summed E-state index contributed by atoms with van der Waals surface area (Å²) < 4.78 is 50.7. The molecular formula is C47H76O18. The summed E-state index contributed by atoms with van der Waals surface area (Å²) in [6.07, 6.45) is -14.3. The van der Waals surface area contributed by atoms with E-state index in [1.807, 2.05) is 6.92 Å². The van der Waals surface area contributed by atoms with Gasteiger partial charge in [0.05, 0.1) is 44.7 Å². The molecule has 0 aromatic carbocycles. The summed E-state index contributed by atoms with van der Waals surface area (Å²) in [6.45, 7) is 14.4. The maximum absolute atomic E-state index is 12.4. The molecule has 0 radical (unpaired) electrons. The Kier molecular flexibility index (Phi) is 12.9. The first-order valence-electron chi connectivity index (χ1n) is 24.0. The Labute approximate surface area is 381 Å². The number of fused-ring (bicyclic) bond motifs is 4. The quantitative estimate of drug-likeness (QED) is 0.101. The van der Waals surface area contributed by atoms with Gasteiger partial charge in [-0.15, -0.1) is 0 Å². The zero-order valence-electron chi connectivity index (χ0n) is 38.8. The van der Waals surface area contributed by atoms with Crippen LogP contribution in [0.15, 0.2) is 11.6 Å². The van der Waals surface area contributed by atoms with Gasteiger partial charge in [0.15, 0.2) is 24.7 Å². The number of rotatable bonds is 10. The number of aliphatic hydroxyl groups excluding tert-OH is 9. The minimum atomic E-state index is -1.86. The van der Waals surface area contributed by atoms with Gasteiger partial charge < -0.3 is 89.0 Å². The standard InChI is InChI=1S/C47H76O18/c1-21(2)14-22-18-58-47-19-46(20-59-47)23(38(47)45(22,7)57)8-9-28-43(5)12-11-29(42(3,4)27(43)10-13-44(28,46)6)63-41-37(65-39-34(55)31(52)25(16-49)61-39)36(32(53)26(17-50)62-41)64-40-35(56)33(54)30(51)24(15-48)60-40/h14,22-41,48-57H,8-13,15-20H2,1-7H3. The molecule has 10 N–H and O–H groups in total. The molecule has 65 heavy (non-hydrogen) atoms. The Morgan fingerprint density at radius 1 is 0.631 bits per heavy atom. The van der Waals surface area contributed by atoms with Crippen LogP contribution in [0.25, 0.3) is 0 Å². The highest BCUT2D eigenvalue weighted by Crippen LogP contribution is 2.80. The third-order valence-corrected chi connectivity index (χ3v) is 19.1. The molecule has 5 heterocycles. The van der Waals surface area contributed by atoms with E-state index >= 15 is 0 Å². The summed E-state index contributed by atoms with van der Waals surface area (Å²) in [6, 6.07) is 0. The Balaban J connectivity index is 0.991. The van der Waals surface area contributed by atoms with Crippen molar-refractivity contribution in [3.63, 3.8) is 0 Å². The van der Waals surface area contributed by atoms with Crippen LogP contribution < -0.4 is 0 Å². The Morgan fingerprint density at radius 2 is 1.22 bits per heavy atom. The van der Waals surface area contributed by atoms with Crippen LogP contribution in [0.2, 0.25) is 0 Å². The Bertz CT molecular complexity index is 1760. The van der Waals surface area contributed by atoms with Gasteiger partial charge in [0, 0.05) is 23.7 Å². The van der Waals surface area contributed by atoms with Crippen molar-refractivity contribution in [2.75, 3.05) is 33.0 Å².